The van der Waals surface area contributed by atoms with Crippen LogP contribution in [0.5, 0.6) is 0 Å². The third-order valence-corrected chi connectivity index (χ3v) is 3.31. The summed E-state index contributed by atoms with van der Waals surface area (Å²) >= 11 is 0. The van der Waals surface area contributed by atoms with Crippen molar-refractivity contribution in [2.75, 3.05) is 0 Å². The molecule has 0 aliphatic heterocycles. The Bertz CT molecular complexity index is 377. The Morgan fingerprint density at radius 2 is 1.92 bits per heavy atom. The van der Waals surface area contributed by atoms with E-state index in [2.05, 4.69) is 23.4 Å². The smallest absolute Gasteiger partial charge is 0.0901 e. The molecule has 1 saturated carbocycles. The van der Waals surface area contributed by atoms with E-state index in [1.165, 1.54) is 18.4 Å². The monoisotopic (exact) mass is 173 g/mol. The molecule has 1 aromatic carbocycles. The Labute approximate surface area is 76.9 Å². The van der Waals surface area contributed by atoms with Crippen molar-refractivity contribution in [3.05, 3.63) is 35.4 Å². The maximum atomic E-state index is 8.92. The van der Waals surface area contributed by atoms with Crippen LogP contribution in [-0.2, 0) is 0 Å². The average molecular weight is 173 g/mol. The molecule has 3 aliphatic carbocycles. The maximum Gasteiger partial charge on any atom is 0.0901 e. The van der Waals surface area contributed by atoms with Crippen LogP contribution in [-0.4, -0.2) is 10.9 Å². The minimum absolute atomic E-state index is 0.518. The topological polar surface area (TPSA) is 32.6 Å². The molecular formula is C11H11NO. The van der Waals surface area contributed by atoms with Gasteiger partial charge in [0.05, 0.1) is 5.71 Å². The molecule has 1 aromatic rings. The van der Waals surface area contributed by atoms with Gasteiger partial charge < -0.3 is 5.21 Å². The highest BCUT2D eigenvalue weighted by atomic mass is 16.4. The Morgan fingerprint density at radius 3 is 2.69 bits per heavy atom. The predicted octanol–water partition coefficient (Wildman–Crippen LogP) is 2.37. The van der Waals surface area contributed by atoms with Gasteiger partial charge in [0, 0.05) is 11.5 Å². The van der Waals surface area contributed by atoms with E-state index in [1.54, 1.807) is 0 Å². The van der Waals surface area contributed by atoms with Crippen molar-refractivity contribution >= 4 is 5.71 Å². The molecule has 0 atom stereocenters. The Balaban J connectivity index is 2.23. The van der Waals surface area contributed by atoms with Gasteiger partial charge in [-0.25, -0.2) is 0 Å². The van der Waals surface area contributed by atoms with Crippen LogP contribution >= 0.6 is 0 Å². The number of hydrogen-bond donors (Lipinski definition) is 1. The number of hydrogen-bond acceptors (Lipinski definition) is 2. The fourth-order valence-electron chi connectivity index (χ4n) is 2.54. The lowest BCUT2D eigenvalue weighted by Gasteiger charge is -2.42. The summed E-state index contributed by atoms with van der Waals surface area (Å²) < 4.78 is 0. The van der Waals surface area contributed by atoms with E-state index in [0.717, 1.165) is 17.2 Å². The van der Waals surface area contributed by atoms with Gasteiger partial charge in [-0.3, -0.25) is 0 Å². The zero-order valence-corrected chi connectivity index (χ0v) is 7.27. The molecule has 0 spiro atoms. The van der Waals surface area contributed by atoms with Gasteiger partial charge in [0.25, 0.3) is 0 Å². The van der Waals surface area contributed by atoms with Crippen LogP contribution in [0.15, 0.2) is 29.4 Å². The molecular weight excluding hydrogens is 162 g/mol. The Kier molecular flexibility index (Phi) is 1.29. The van der Waals surface area contributed by atoms with E-state index < -0.39 is 0 Å². The molecule has 2 bridgehead atoms. The number of oxime groups is 1. The van der Waals surface area contributed by atoms with Gasteiger partial charge in [-0.2, -0.15) is 0 Å². The Morgan fingerprint density at radius 1 is 1.15 bits per heavy atom. The third-order valence-electron chi connectivity index (χ3n) is 3.31. The molecule has 3 aliphatic rings. The van der Waals surface area contributed by atoms with Gasteiger partial charge in [-0.15, -0.1) is 0 Å². The summed E-state index contributed by atoms with van der Waals surface area (Å²) in [5.74, 6) is 1.25. The average Bonchev–Trinajstić information content (AvgIpc) is 2.14. The highest BCUT2D eigenvalue weighted by Crippen LogP contribution is 2.49. The fraction of sp³-hybridized carbons (Fsp3) is 0.364. The summed E-state index contributed by atoms with van der Waals surface area (Å²) in [4.78, 5) is 0. The van der Waals surface area contributed by atoms with Crippen LogP contribution < -0.4 is 0 Å². The van der Waals surface area contributed by atoms with Crippen molar-refractivity contribution < 1.29 is 5.21 Å². The molecule has 1 N–H and O–H groups in total. The minimum atomic E-state index is 0.518. The van der Waals surface area contributed by atoms with Gasteiger partial charge >= 0.3 is 0 Å². The SMILES string of the molecule is ON=C1c2ccccc2C2CC1C2. The predicted molar refractivity (Wildman–Crippen MR) is 50.2 cm³/mol. The molecule has 1 fully saturated rings. The molecule has 2 heteroatoms. The van der Waals surface area contributed by atoms with Gasteiger partial charge in [0.15, 0.2) is 0 Å². The summed E-state index contributed by atoms with van der Waals surface area (Å²) in [6, 6.07) is 8.28. The number of rotatable bonds is 0. The second-order valence-electron chi connectivity index (χ2n) is 3.94. The van der Waals surface area contributed by atoms with Crippen molar-refractivity contribution in [2.24, 2.45) is 11.1 Å². The van der Waals surface area contributed by atoms with Crippen LogP contribution in [0.4, 0.5) is 0 Å². The van der Waals surface area contributed by atoms with Crippen molar-refractivity contribution in [1.82, 2.24) is 0 Å². The molecule has 0 aromatic heterocycles. The second kappa shape index (κ2) is 2.34. The molecule has 0 unspecified atom stereocenters. The molecule has 13 heavy (non-hydrogen) atoms. The van der Waals surface area contributed by atoms with Crippen LogP contribution in [0.2, 0.25) is 0 Å². The van der Waals surface area contributed by atoms with Gasteiger partial charge in [0.1, 0.15) is 0 Å². The van der Waals surface area contributed by atoms with Gasteiger partial charge in [-0.1, -0.05) is 29.4 Å². The normalized spacial score (nSPS) is 32.5. The highest BCUT2D eigenvalue weighted by Gasteiger charge is 2.41. The van der Waals surface area contributed by atoms with Crippen LogP contribution in [0.1, 0.15) is 29.9 Å². The molecule has 0 heterocycles. The zero-order chi connectivity index (χ0) is 8.84. The van der Waals surface area contributed by atoms with Gasteiger partial charge in [0.2, 0.25) is 0 Å². The summed E-state index contributed by atoms with van der Waals surface area (Å²) in [5.41, 5.74) is 3.44. The van der Waals surface area contributed by atoms with Crippen LogP contribution in [0, 0.1) is 5.92 Å². The highest BCUT2D eigenvalue weighted by molar-refractivity contribution is 6.05. The van der Waals surface area contributed by atoms with E-state index in [9.17, 15) is 0 Å². The first kappa shape index (κ1) is 7.13. The lowest BCUT2D eigenvalue weighted by Crippen LogP contribution is -2.36. The summed E-state index contributed by atoms with van der Waals surface area (Å²) in [5, 5.41) is 12.3. The van der Waals surface area contributed by atoms with Crippen molar-refractivity contribution in [1.29, 1.82) is 0 Å². The van der Waals surface area contributed by atoms with Gasteiger partial charge in [-0.05, 0) is 24.3 Å². The summed E-state index contributed by atoms with van der Waals surface area (Å²) in [7, 11) is 0. The molecule has 2 nitrogen and oxygen atoms in total. The number of benzene rings is 1. The first-order valence-electron chi connectivity index (χ1n) is 4.71. The van der Waals surface area contributed by atoms with Crippen molar-refractivity contribution in [3.8, 4) is 0 Å². The first-order valence-corrected chi connectivity index (χ1v) is 4.71. The fourth-order valence-corrected chi connectivity index (χ4v) is 2.54. The van der Waals surface area contributed by atoms with E-state index >= 15 is 0 Å². The molecule has 0 radical (unpaired) electrons. The lowest BCUT2D eigenvalue weighted by molar-refractivity contribution is 0.287. The lowest BCUT2D eigenvalue weighted by atomic mass is 9.61. The van der Waals surface area contributed by atoms with E-state index in [-0.39, 0.29) is 0 Å². The minimum Gasteiger partial charge on any atom is -0.411 e. The van der Waals surface area contributed by atoms with Crippen LogP contribution in [0.3, 0.4) is 0 Å². The standard InChI is InChI=1S/C11H11NO/c13-12-11-8-5-7(6-8)9-3-1-2-4-10(9)11/h1-4,7-8,13H,5-6H2. The van der Waals surface area contributed by atoms with E-state index in [1.807, 2.05) is 6.07 Å². The summed E-state index contributed by atoms with van der Waals surface area (Å²) in [6.45, 7) is 0. The first-order chi connectivity index (χ1) is 6.40. The zero-order valence-electron chi connectivity index (χ0n) is 7.27. The summed E-state index contributed by atoms with van der Waals surface area (Å²) in [6.07, 6.45) is 2.35. The third kappa shape index (κ3) is 0.804. The van der Waals surface area contributed by atoms with Crippen molar-refractivity contribution in [2.45, 2.75) is 18.8 Å². The number of nitrogens with zero attached hydrogens (tertiary/aromatic N) is 1. The molecule has 0 saturated heterocycles. The molecule has 0 amide bonds. The molecule has 66 valence electrons. The van der Waals surface area contributed by atoms with Crippen molar-refractivity contribution in [3.63, 3.8) is 0 Å². The quantitative estimate of drug-likeness (QED) is 0.474. The Hall–Kier alpha value is -1.31. The van der Waals surface area contributed by atoms with Crippen LogP contribution in [0.25, 0.3) is 0 Å². The molecule has 4 rings (SSSR count). The maximum absolute atomic E-state index is 8.92. The second-order valence-corrected chi connectivity index (χ2v) is 3.94. The largest absolute Gasteiger partial charge is 0.411 e. The van der Waals surface area contributed by atoms with E-state index in [4.69, 9.17) is 5.21 Å². The van der Waals surface area contributed by atoms with E-state index in [0.29, 0.717) is 5.92 Å².